The van der Waals surface area contributed by atoms with E-state index in [0.717, 1.165) is 6.54 Å². The van der Waals surface area contributed by atoms with Gasteiger partial charge in [-0.25, -0.2) is 0 Å². The van der Waals surface area contributed by atoms with E-state index >= 15 is 0 Å². The second-order valence-electron chi connectivity index (χ2n) is 4.30. The maximum atomic E-state index is 9.15. The van der Waals surface area contributed by atoms with Crippen LogP contribution in [0.3, 0.4) is 0 Å². The Morgan fingerprint density at radius 3 is 2.23 bits per heavy atom. The van der Waals surface area contributed by atoms with E-state index in [1.807, 2.05) is 6.92 Å². The average Bonchev–Trinajstić information content (AvgIpc) is 2.01. The van der Waals surface area contributed by atoms with E-state index in [1.54, 1.807) is 0 Å². The van der Waals surface area contributed by atoms with Crippen molar-refractivity contribution in [1.29, 1.82) is 0 Å². The molecule has 1 rings (SSSR count). The van der Waals surface area contributed by atoms with Gasteiger partial charge >= 0.3 is 0 Å². The van der Waals surface area contributed by atoms with E-state index in [-0.39, 0.29) is 6.10 Å². The molecule has 0 saturated heterocycles. The molecular weight excluding hydrogens is 162 g/mol. The van der Waals surface area contributed by atoms with E-state index in [0.29, 0.717) is 6.04 Å². The standard InChI is InChI=1S/C11H23NO/c1-10(13)9-12-11-7-5-3-2-4-6-8-11/h10-13H,2-9H2,1H3/t10-/m0/s1. The Morgan fingerprint density at radius 1 is 1.15 bits per heavy atom. The fourth-order valence-corrected chi connectivity index (χ4v) is 2.00. The second kappa shape index (κ2) is 6.39. The van der Waals surface area contributed by atoms with Crippen molar-refractivity contribution in [3.05, 3.63) is 0 Å². The highest BCUT2D eigenvalue weighted by molar-refractivity contribution is 4.70. The molecule has 0 heterocycles. The van der Waals surface area contributed by atoms with Gasteiger partial charge in [0.2, 0.25) is 0 Å². The molecule has 1 aliphatic carbocycles. The van der Waals surface area contributed by atoms with Crippen molar-refractivity contribution in [2.24, 2.45) is 0 Å². The monoisotopic (exact) mass is 185 g/mol. The highest BCUT2D eigenvalue weighted by atomic mass is 16.3. The topological polar surface area (TPSA) is 32.3 Å². The molecule has 1 aliphatic rings. The first-order valence-electron chi connectivity index (χ1n) is 5.70. The van der Waals surface area contributed by atoms with Crippen molar-refractivity contribution in [2.45, 2.75) is 64.0 Å². The van der Waals surface area contributed by atoms with E-state index < -0.39 is 0 Å². The van der Waals surface area contributed by atoms with Crippen LogP contribution in [0, 0.1) is 0 Å². The molecule has 78 valence electrons. The molecule has 13 heavy (non-hydrogen) atoms. The molecule has 1 atom stereocenters. The van der Waals surface area contributed by atoms with Gasteiger partial charge in [0, 0.05) is 12.6 Å². The van der Waals surface area contributed by atoms with Crippen molar-refractivity contribution in [1.82, 2.24) is 5.32 Å². The number of aliphatic hydroxyl groups excluding tert-OH is 1. The van der Waals surface area contributed by atoms with E-state index in [4.69, 9.17) is 5.11 Å². The summed E-state index contributed by atoms with van der Waals surface area (Å²) in [6, 6.07) is 0.662. The van der Waals surface area contributed by atoms with Crippen LogP contribution in [0.2, 0.25) is 0 Å². The van der Waals surface area contributed by atoms with Crippen LogP contribution in [0.1, 0.15) is 51.9 Å². The summed E-state index contributed by atoms with van der Waals surface area (Å²) in [5.41, 5.74) is 0. The highest BCUT2D eigenvalue weighted by Gasteiger charge is 2.10. The molecular formula is C11H23NO. The second-order valence-corrected chi connectivity index (χ2v) is 4.30. The van der Waals surface area contributed by atoms with Crippen LogP contribution in [0.15, 0.2) is 0 Å². The van der Waals surface area contributed by atoms with Gasteiger partial charge in [0.05, 0.1) is 6.10 Å². The molecule has 0 aromatic rings. The zero-order valence-electron chi connectivity index (χ0n) is 8.76. The van der Waals surface area contributed by atoms with E-state index in [1.165, 1.54) is 44.9 Å². The van der Waals surface area contributed by atoms with Gasteiger partial charge in [0.1, 0.15) is 0 Å². The van der Waals surface area contributed by atoms with Crippen molar-refractivity contribution >= 4 is 0 Å². The van der Waals surface area contributed by atoms with Crippen LogP contribution in [0.4, 0.5) is 0 Å². The van der Waals surface area contributed by atoms with Crippen LogP contribution < -0.4 is 5.32 Å². The summed E-state index contributed by atoms with van der Waals surface area (Å²) in [5.74, 6) is 0. The fourth-order valence-electron chi connectivity index (χ4n) is 2.00. The Hall–Kier alpha value is -0.0800. The van der Waals surface area contributed by atoms with Gasteiger partial charge in [-0.1, -0.05) is 32.1 Å². The van der Waals surface area contributed by atoms with Gasteiger partial charge in [-0.15, -0.1) is 0 Å². The molecule has 0 aliphatic heterocycles. The zero-order chi connectivity index (χ0) is 9.52. The molecule has 0 unspecified atom stereocenters. The van der Waals surface area contributed by atoms with Gasteiger partial charge < -0.3 is 10.4 Å². The predicted molar refractivity (Wildman–Crippen MR) is 55.8 cm³/mol. The molecule has 0 aromatic heterocycles. The Morgan fingerprint density at radius 2 is 1.69 bits per heavy atom. The number of hydrogen-bond acceptors (Lipinski definition) is 2. The van der Waals surface area contributed by atoms with Crippen molar-refractivity contribution in [2.75, 3.05) is 6.54 Å². The minimum Gasteiger partial charge on any atom is -0.392 e. The summed E-state index contributed by atoms with van der Waals surface area (Å²) in [7, 11) is 0. The first kappa shape index (κ1) is 11.0. The maximum Gasteiger partial charge on any atom is 0.0636 e. The lowest BCUT2D eigenvalue weighted by molar-refractivity contribution is 0.182. The summed E-state index contributed by atoms with van der Waals surface area (Å²) < 4.78 is 0. The van der Waals surface area contributed by atoms with Crippen molar-refractivity contribution in [3.63, 3.8) is 0 Å². The minimum absolute atomic E-state index is 0.203. The van der Waals surface area contributed by atoms with Crippen LogP contribution in [-0.2, 0) is 0 Å². The third kappa shape index (κ3) is 5.27. The van der Waals surface area contributed by atoms with E-state index in [9.17, 15) is 0 Å². The molecule has 0 bridgehead atoms. The zero-order valence-corrected chi connectivity index (χ0v) is 8.76. The molecule has 2 N–H and O–H groups in total. The third-order valence-electron chi connectivity index (χ3n) is 2.81. The van der Waals surface area contributed by atoms with Gasteiger partial charge in [0.25, 0.3) is 0 Å². The SMILES string of the molecule is C[C@H](O)CNC1CCCCCCC1. The summed E-state index contributed by atoms with van der Waals surface area (Å²) in [6.45, 7) is 2.60. The number of nitrogens with one attached hydrogen (secondary N) is 1. The quantitative estimate of drug-likeness (QED) is 0.705. The van der Waals surface area contributed by atoms with Crippen LogP contribution in [0.5, 0.6) is 0 Å². The maximum absolute atomic E-state index is 9.15. The smallest absolute Gasteiger partial charge is 0.0636 e. The predicted octanol–water partition coefficient (Wildman–Crippen LogP) is 2.07. The number of aliphatic hydroxyl groups is 1. The molecule has 2 nitrogen and oxygen atoms in total. The van der Waals surface area contributed by atoms with Crippen LogP contribution >= 0.6 is 0 Å². The summed E-state index contributed by atoms with van der Waals surface area (Å²) in [4.78, 5) is 0. The molecule has 2 heteroatoms. The van der Waals surface area contributed by atoms with Gasteiger partial charge in [-0.3, -0.25) is 0 Å². The Balaban J connectivity index is 2.14. The first-order chi connectivity index (χ1) is 6.29. The fraction of sp³-hybridized carbons (Fsp3) is 1.00. The summed E-state index contributed by atoms with van der Waals surface area (Å²) >= 11 is 0. The largest absolute Gasteiger partial charge is 0.392 e. The summed E-state index contributed by atoms with van der Waals surface area (Å²) in [6.07, 6.45) is 9.32. The number of rotatable bonds is 3. The first-order valence-corrected chi connectivity index (χ1v) is 5.70. The van der Waals surface area contributed by atoms with Crippen molar-refractivity contribution < 1.29 is 5.11 Å². The lowest BCUT2D eigenvalue weighted by Crippen LogP contribution is -2.34. The average molecular weight is 185 g/mol. The molecule has 1 fully saturated rings. The molecule has 1 saturated carbocycles. The lowest BCUT2D eigenvalue weighted by Gasteiger charge is -2.21. The van der Waals surface area contributed by atoms with Crippen LogP contribution in [0.25, 0.3) is 0 Å². The van der Waals surface area contributed by atoms with Gasteiger partial charge in [-0.2, -0.15) is 0 Å². The Kier molecular flexibility index (Phi) is 5.40. The minimum atomic E-state index is -0.203. The lowest BCUT2D eigenvalue weighted by atomic mass is 9.97. The molecule has 0 spiro atoms. The Bertz CT molecular complexity index is 117. The summed E-state index contributed by atoms with van der Waals surface area (Å²) in [5, 5.41) is 12.6. The Labute approximate surface area is 81.7 Å². The molecule has 0 radical (unpaired) electrons. The third-order valence-corrected chi connectivity index (χ3v) is 2.81. The van der Waals surface area contributed by atoms with Gasteiger partial charge in [-0.05, 0) is 19.8 Å². The normalized spacial score (nSPS) is 23.5. The number of hydrogen-bond donors (Lipinski definition) is 2. The van der Waals surface area contributed by atoms with Crippen LogP contribution in [-0.4, -0.2) is 23.8 Å². The van der Waals surface area contributed by atoms with Crippen molar-refractivity contribution in [3.8, 4) is 0 Å². The molecule has 0 aromatic carbocycles. The van der Waals surface area contributed by atoms with Gasteiger partial charge in [0.15, 0.2) is 0 Å². The molecule has 0 amide bonds. The highest BCUT2D eigenvalue weighted by Crippen LogP contribution is 2.16. The van der Waals surface area contributed by atoms with E-state index in [2.05, 4.69) is 5.32 Å².